The zero-order chi connectivity index (χ0) is 14.4. The molecule has 0 atom stereocenters. The normalized spacial score (nSPS) is 11.4. The van der Waals surface area contributed by atoms with Crippen LogP contribution in [0.4, 0.5) is 5.13 Å². The van der Waals surface area contributed by atoms with E-state index < -0.39 is 0 Å². The first-order chi connectivity index (χ1) is 9.65. The Labute approximate surface area is 128 Å². The number of hydrogen-bond acceptors (Lipinski definition) is 5. The van der Waals surface area contributed by atoms with Gasteiger partial charge in [0.15, 0.2) is 0 Å². The first-order valence-corrected chi connectivity index (χ1v) is 8.44. The van der Waals surface area contributed by atoms with Crippen molar-refractivity contribution in [2.24, 2.45) is 11.0 Å². The van der Waals surface area contributed by atoms with Crippen LogP contribution in [0.25, 0.3) is 0 Å². The van der Waals surface area contributed by atoms with E-state index in [1.807, 2.05) is 36.3 Å². The van der Waals surface area contributed by atoms with Crippen LogP contribution in [0, 0.1) is 12.8 Å². The fourth-order valence-electron chi connectivity index (χ4n) is 1.54. The van der Waals surface area contributed by atoms with Crippen molar-refractivity contribution in [3.63, 3.8) is 0 Å². The number of benzene rings is 1. The molecule has 0 aliphatic heterocycles. The molecule has 20 heavy (non-hydrogen) atoms. The minimum atomic E-state index is 0.682. The van der Waals surface area contributed by atoms with Gasteiger partial charge in [-0.15, -0.1) is 23.1 Å². The first-order valence-electron chi connectivity index (χ1n) is 6.58. The average molecular weight is 305 g/mol. The molecule has 0 amide bonds. The van der Waals surface area contributed by atoms with Gasteiger partial charge in [-0.25, -0.2) is 4.98 Å². The molecule has 0 saturated heterocycles. The van der Waals surface area contributed by atoms with Crippen LogP contribution in [0.5, 0.6) is 0 Å². The van der Waals surface area contributed by atoms with Crippen molar-refractivity contribution in [1.29, 1.82) is 0 Å². The molecule has 1 heterocycles. The molecule has 0 aliphatic carbocycles. The van der Waals surface area contributed by atoms with Gasteiger partial charge in [0.05, 0.1) is 11.9 Å². The Bertz CT molecular complexity index is 576. The maximum absolute atomic E-state index is 4.31. The van der Waals surface area contributed by atoms with Crippen molar-refractivity contribution in [2.45, 2.75) is 25.7 Å². The molecular formula is C15H19N3S2. The summed E-state index contributed by atoms with van der Waals surface area (Å²) in [6.07, 6.45) is 1.86. The molecule has 0 saturated carbocycles. The maximum atomic E-state index is 4.31. The van der Waals surface area contributed by atoms with Crippen LogP contribution >= 0.6 is 23.1 Å². The third-order valence-corrected chi connectivity index (χ3v) is 4.85. The van der Waals surface area contributed by atoms with E-state index in [2.05, 4.69) is 47.6 Å². The summed E-state index contributed by atoms with van der Waals surface area (Å²) in [6, 6.07) is 8.33. The van der Waals surface area contributed by atoms with Gasteiger partial charge in [-0.1, -0.05) is 32.0 Å². The van der Waals surface area contributed by atoms with E-state index in [1.165, 1.54) is 4.90 Å². The van der Waals surface area contributed by atoms with Crippen molar-refractivity contribution in [1.82, 2.24) is 4.98 Å². The fourth-order valence-corrected chi connectivity index (χ4v) is 3.15. The van der Waals surface area contributed by atoms with Crippen molar-refractivity contribution >= 4 is 34.4 Å². The average Bonchev–Trinajstić information content (AvgIpc) is 2.83. The van der Waals surface area contributed by atoms with E-state index in [0.29, 0.717) is 5.92 Å². The summed E-state index contributed by atoms with van der Waals surface area (Å²) in [4.78, 5) is 5.58. The number of nitrogens with zero attached hydrogens (tertiary/aromatic N) is 2. The molecule has 0 spiro atoms. The fraction of sp³-hybridized carbons (Fsp3) is 0.333. The lowest BCUT2D eigenvalue weighted by Crippen LogP contribution is -1.94. The molecule has 2 aromatic rings. The monoisotopic (exact) mass is 305 g/mol. The number of hydrogen-bond donors (Lipinski definition) is 1. The van der Waals surface area contributed by atoms with Gasteiger partial charge >= 0.3 is 0 Å². The molecule has 0 unspecified atom stereocenters. The van der Waals surface area contributed by atoms with Crippen LogP contribution < -0.4 is 5.43 Å². The van der Waals surface area contributed by atoms with E-state index in [0.717, 1.165) is 22.1 Å². The Kier molecular flexibility index (Phi) is 5.61. The second kappa shape index (κ2) is 7.45. The predicted octanol–water partition coefficient (Wildman–Crippen LogP) is 4.65. The van der Waals surface area contributed by atoms with Crippen LogP contribution in [0.3, 0.4) is 0 Å². The first kappa shape index (κ1) is 15.1. The topological polar surface area (TPSA) is 37.3 Å². The predicted molar refractivity (Wildman–Crippen MR) is 90.1 cm³/mol. The number of aryl methyl sites for hydroxylation is 1. The molecule has 5 heteroatoms. The Balaban J connectivity index is 2.01. The smallest absolute Gasteiger partial charge is 0.203 e. The van der Waals surface area contributed by atoms with Crippen molar-refractivity contribution in [2.75, 3.05) is 11.2 Å². The molecule has 1 aromatic carbocycles. The minimum Gasteiger partial charge on any atom is -0.253 e. The quantitative estimate of drug-likeness (QED) is 0.480. The van der Waals surface area contributed by atoms with Crippen molar-refractivity contribution in [3.05, 3.63) is 40.9 Å². The molecule has 0 aliphatic rings. The highest BCUT2D eigenvalue weighted by atomic mass is 32.2. The summed E-state index contributed by atoms with van der Waals surface area (Å²) in [5, 5.41) is 7.10. The second-order valence-corrected chi connectivity index (χ2v) is 6.83. The Hall–Kier alpha value is -1.33. The second-order valence-electron chi connectivity index (χ2n) is 4.91. The third kappa shape index (κ3) is 4.65. The van der Waals surface area contributed by atoms with E-state index in [9.17, 15) is 0 Å². The number of nitrogens with one attached hydrogen (secondary N) is 1. The van der Waals surface area contributed by atoms with Gasteiger partial charge in [-0.05, 0) is 18.9 Å². The van der Waals surface area contributed by atoms with E-state index in [-0.39, 0.29) is 0 Å². The van der Waals surface area contributed by atoms with Crippen LogP contribution in [0.2, 0.25) is 0 Å². The molecule has 3 nitrogen and oxygen atoms in total. The zero-order valence-corrected chi connectivity index (χ0v) is 13.6. The van der Waals surface area contributed by atoms with Crippen LogP contribution in [0.15, 0.2) is 39.6 Å². The zero-order valence-electron chi connectivity index (χ0n) is 12.0. The summed E-state index contributed by atoms with van der Waals surface area (Å²) in [7, 11) is 0. The summed E-state index contributed by atoms with van der Waals surface area (Å²) >= 11 is 3.44. The van der Waals surface area contributed by atoms with Crippen LogP contribution in [0.1, 0.15) is 25.1 Å². The van der Waals surface area contributed by atoms with Gasteiger partial charge in [-0.2, -0.15) is 5.10 Å². The highest BCUT2D eigenvalue weighted by Crippen LogP contribution is 2.23. The largest absolute Gasteiger partial charge is 0.253 e. The number of aromatic nitrogens is 1. The van der Waals surface area contributed by atoms with Gasteiger partial charge < -0.3 is 0 Å². The van der Waals surface area contributed by atoms with E-state index in [1.54, 1.807) is 11.3 Å². The summed E-state index contributed by atoms with van der Waals surface area (Å²) < 4.78 is 0. The molecule has 0 radical (unpaired) electrons. The van der Waals surface area contributed by atoms with Crippen molar-refractivity contribution < 1.29 is 0 Å². The lowest BCUT2D eigenvalue weighted by atomic mass is 10.2. The Morgan fingerprint density at radius 1 is 1.40 bits per heavy atom. The van der Waals surface area contributed by atoms with Crippen LogP contribution in [-0.2, 0) is 0 Å². The Morgan fingerprint density at radius 2 is 2.20 bits per heavy atom. The summed E-state index contributed by atoms with van der Waals surface area (Å²) in [6.45, 7) is 6.44. The third-order valence-electron chi connectivity index (χ3n) is 2.47. The van der Waals surface area contributed by atoms with E-state index >= 15 is 0 Å². The summed E-state index contributed by atoms with van der Waals surface area (Å²) in [5.74, 6) is 1.80. The van der Waals surface area contributed by atoms with Crippen molar-refractivity contribution in [3.8, 4) is 0 Å². The highest BCUT2D eigenvalue weighted by molar-refractivity contribution is 7.99. The number of thiazole rings is 1. The molecule has 0 fully saturated rings. The number of hydrazone groups is 1. The number of anilines is 1. The highest BCUT2D eigenvalue weighted by Gasteiger charge is 2.02. The molecule has 1 N–H and O–H groups in total. The number of rotatable bonds is 6. The van der Waals surface area contributed by atoms with Gasteiger partial charge in [0, 0.05) is 21.6 Å². The molecule has 1 aromatic heterocycles. The molecule has 0 bridgehead atoms. The molecule has 106 valence electrons. The number of thioether (sulfide) groups is 1. The van der Waals surface area contributed by atoms with Gasteiger partial charge in [-0.3, -0.25) is 5.43 Å². The molecule has 2 rings (SSSR count). The van der Waals surface area contributed by atoms with Gasteiger partial charge in [0.2, 0.25) is 5.13 Å². The van der Waals surface area contributed by atoms with Gasteiger partial charge in [0.25, 0.3) is 0 Å². The Morgan fingerprint density at radius 3 is 2.90 bits per heavy atom. The standard InChI is InChI=1S/C15H19N3S2/c1-11(2)9-19-14-7-5-4-6-13(14)8-16-18-15-17-12(3)10-20-15/h4-8,10-11H,9H2,1-3H3,(H,17,18). The lowest BCUT2D eigenvalue weighted by molar-refractivity contribution is 0.750. The maximum Gasteiger partial charge on any atom is 0.203 e. The SMILES string of the molecule is Cc1csc(NN=Cc2ccccc2SCC(C)C)n1. The lowest BCUT2D eigenvalue weighted by Gasteiger charge is -2.07. The van der Waals surface area contributed by atoms with Crippen LogP contribution in [-0.4, -0.2) is 17.0 Å². The minimum absolute atomic E-state index is 0.682. The summed E-state index contributed by atoms with van der Waals surface area (Å²) in [5.41, 5.74) is 5.13. The van der Waals surface area contributed by atoms with E-state index in [4.69, 9.17) is 0 Å². The van der Waals surface area contributed by atoms with Gasteiger partial charge in [0.1, 0.15) is 0 Å². The molecular weight excluding hydrogens is 286 g/mol.